The lowest BCUT2D eigenvalue weighted by molar-refractivity contribution is 0.0993. The Morgan fingerprint density at radius 1 is 1.21 bits per heavy atom. The van der Waals surface area contributed by atoms with E-state index in [0.29, 0.717) is 16.9 Å². The van der Waals surface area contributed by atoms with E-state index in [2.05, 4.69) is 15.6 Å². The van der Waals surface area contributed by atoms with Gasteiger partial charge in [-0.15, -0.1) is 0 Å². The molecule has 0 saturated carbocycles. The van der Waals surface area contributed by atoms with Gasteiger partial charge in [-0.1, -0.05) is 11.8 Å². The van der Waals surface area contributed by atoms with Crippen molar-refractivity contribution in [3.8, 4) is 0 Å². The minimum Gasteiger partial charge on any atom is -0.459 e. The van der Waals surface area contributed by atoms with Crippen LogP contribution in [0, 0.1) is 0 Å². The van der Waals surface area contributed by atoms with Crippen LogP contribution in [0.2, 0.25) is 0 Å². The molecule has 7 heteroatoms. The fourth-order valence-electron chi connectivity index (χ4n) is 2.34. The number of carbonyl (C=O) groups is 2. The second kappa shape index (κ2) is 5.86. The maximum atomic E-state index is 12.5. The quantitative estimate of drug-likeness (QED) is 0.746. The Morgan fingerprint density at radius 3 is 2.96 bits per heavy atom. The van der Waals surface area contributed by atoms with Gasteiger partial charge >= 0.3 is 0 Å². The first kappa shape index (κ1) is 14.5. The van der Waals surface area contributed by atoms with E-state index in [4.69, 9.17) is 4.42 Å². The zero-order valence-electron chi connectivity index (χ0n) is 12.3. The number of carbonyl (C=O) groups excluding carboxylic acids is 2. The first-order valence-corrected chi connectivity index (χ1v) is 7.95. The van der Waals surface area contributed by atoms with Crippen molar-refractivity contribution in [2.75, 3.05) is 10.6 Å². The predicted molar refractivity (Wildman–Crippen MR) is 89.4 cm³/mol. The molecule has 0 radical (unpaired) electrons. The number of hydrogen-bond acceptors (Lipinski definition) is 5. The van der Waals surface area contributed by atoms with Crippen LogP contribution in [0.15, 0.2) is 69.3 Å². The molecule has 1 aromatic carbocycles. The van der Waals surface area contributed by atoms with Crippen molar-refractivity contribution < 1.29 is 14.0 Å². The molecule has 0 spiro atoms. The number of benzene rings is 1. The van der Waals surface area contributed by atoms with Gasteiger partial charge in [0.05, 0.1) is 17.5 Å². The molecule has 2 amide bonds. The molecule has 24 heavy (non-hydrogen) atoms. The second-order valence-electron chi connectivity index (χ2n) is 5.05. The lowest BCUT2D eigenvalue weighted by Gasteiger charge is -2.08. The molecule has 2 N–H and O–H groups in total. The Kier molecular flexibility index (Phi) is 3.55. The Bertz CT molecular complexity index is 938. The van der Waals surface area contributed by atoms with Crippen LogP contribution in [0.1, 0.15) is 20.9 Å². The van der Waals surface area contributed by atoms with E-state index in [-0.39, 0.29) is 17.6 Å². The molecule has 3 heterocycles. The number of nitrogens with one attached hydrogen (secondary N) is 2. The number of rotatable bonds is 2. The summed E-state index contributed by atoms with van der Waals surface area (Å²) in [5, 5.41) is 6.29. The van der Waals surface area contributed by atoms with Crippen molar-refractivity contribution >= 4 is 35.0 Å². The van der Waals surface area contributed by atoms with Crippen LogP contribution < -0.4 is 10.6 Å². The Morgan fingerprint density at radius 2 is 2.12 bits per heavy atom. The monoisotopic (exact) mass is 337 g/mol. The van der Waals surface area contributed by atoms with Crippen LogP contribution in [0.4, 0.5) is 11.4 Å². The van der Waals surface area contributed by atoms with Gasteiger partial charge in [0.15, 0.2) is 5.76 Å². The van der Waals surface area contributed by atoms with E-state index in [1.807, 2.05) is 0 Å². The van der Waals surface area contributed by atoms with E-state index < -0.39 is 0 Å². The van der Waals surface area contributed by atoms with E-state index in [1.54, 1.807) is 48.7 Å². The van der Waals surface area contributed by atoms with Gasteiger partial charge in [-0.3, -0.25) is 9.59 Å². The number of anilines is 2. The first-order chi connectivity index (χ1) is 11.7. The number of furan rings is 1. The average Bonchev–Trinajstić information content (AvgIpc) is 3.08. The molecule has 0 aliphatic carbocycles. The summed E-state index contributed by atoms with van der Waals surface area (Å²) in [5.41, 5.74) is 1.67. The van der Waals surface area contributed by atoms with E-state index >= 15 is 0 Å². The normalized spacial score (nSPS) is 12.6. The van der Waals surface area contributed by atoms with Crippen molar-refractivity contribution in [2.24, 2.45) is 0 Å². The van der Waals surface area contributed by atoms with E-state index in [0.717, 1.165) is 9.92 Å². The Hall–Kier alpha value is -3.06. The number of hydrogen-bond donors (Lipinski definition) is 2. The maximum absolute atomic E-state index is 12.5. The molecule has 0 fully saturated rings. The fraction of sp³-hybridized carbons (Fsp3) is 0. The predicted octanol–water partition coefficient (Wildman–Crippen LogP) is 3.64. The zero-order valence-corrected chi connectivity index (χ0v) is 13.1. The van der Waals surface area contributed by atoms with Gasteiger partial charge < -0.3 is 15.1 Å². The minimum absolute atomic E-state index is 0.209. The van der Waals surface area contributed by atoms with Crippen molar-refractivity contribution in [1.82, 2.24) is 4.98 Å². The molecule has 118 valence electrons. The molecule has 0 atom stereocenters. The summed E-state index contributed by atoms with van der Waals surface area (Å²) in [5.74, 6) is -0.398. The summed E-state index contributed by atoms with van der Waals surface area (Å²) < 4.78 is 5.06. The summed E-state index contributed by atoms with van der Waals surface area (Å²) in [7, 11) is 0. The van der Waals surface area contributed by atoms with Gasteiger partial charge in [-0.2, -0.15) is 0 Å². The smallest absolute Gasteiger partial charge is 0.291 e. The third-order valence-corrected chi connectivity index (χ3v) is 4.55. The maximum Gasteiger partial charge on any atom is 0.291 e. The van der Waals surface area contributed by atoms with Crippen molar-refractivity contribution in [3.05, 3.63) is 66.2 Å². The van der Waals surface area contributed by atoms with E-state index in [9.17, 15) is 9.59 Å². The number of amides is 2. The van der Waals surface area contributed by atoms with Crippen LogP contribution in [-0.2, 0) is 0 Å². The highest BCUT2D eigenvalue weighted by molar-refractivity contribution is 7.99. The van der Waals surface area contributed by atoms with Crippen LogP contribution in [0.25, 0.3) is 0 Å². The zero-order chi connectivity index (χ0) is 16.5. The molecule has 0 saturated heterocycles. The lowest BCUT2D eigenvalue weighted by atomic mass is 10.1. The fourth-order valence-corrected chi connectivity index (χ4v) is 3.28. The van der Waals surface area contributed by atoms with Gasteiger partial charge in [0.1, 0.15) is 5.03 Å². The third-order valence-electron chi connectivity index (χ3n) is 3.45. The summed E-state index contributed by atoms with van der Waals surface area (Å²) >= 11 is 1.41. The molecule has 6 nitrogen and oxygen atoms in total. The molecule has 2 aromatic heterocycles. The average molecular weight is 337 g/mol. The van der Waals surface area contributed by atoms with Crippen molar-refractivity contribution in [3.63, 3.8) is 0 Å². The third kappa shape index (κ3) is 2.65. The number of fused-ring (bicyclic) bond motifs is 2. The van der Waals surface area contributed by atoms with Gasteiger partial charge in [-0.25, -0.2) is 4.98 Å². The topological polar surface area (TPSA) is 84.2 Å². The van der Waals surface area contributed by atoms with E-state index in [1.165, 1.54) is 18.0 Å². The summed E-state index contributed by atoms with van der Waals surface area (Å²) in [4.78, 5) is 29.6. The molecule has 0 bridgehead atoms. The molecular weight excluding hydrogens is 326 g/mol. The summed E-state index contributed by atoms with van der Waals surface area (Å²) in [6, 6.07) is 12.0. The number of nitrogens with zero attached hydrogens (tertiary/aromatic N) is 1. The largest absolute Gasteiger partial charge is 0.459 e. The van der Waals surface area contributed by atoms with Crippen LogP contribution >= 0.6 is 11.8 Å². The SMILES string of the molecule is O=C(Nc1ccc2c(c1)C(=O)Nc1cccnc1S2)c1ccco1. The lowest BCUT2D eigenvalue weighted by Crippen LogP contribution is -2.14. The van der Waals surface area contributed by atoms with Gasteiger partial charge in [-0.05, 0) is 42.5 Å². The van der Waals surface area contributed by atoms with Gasteiger partial charge in [0.25, 0.3) is 11.8 Å². The van der Waals surface area contributed by atoms with Crippen LogP contribution in [-0.4, -0.2) is 16.8 Å². The molecular formula is C17H11N3O3S. The van der Waals surface area contributed by atoms with Gasteiger partial charge in [0, 0.05) is 16.8 Å². The molecule has 4 rings (SSSR count). The first-order valence-electron chi connectivity index (χ1n) is 7.14. The van der Waals surface area contributed by atoms with Crippen molar-refractivity contribution in [1.29, 1.82) is 0 Å². The standard InChI is InChI=1S/C17H11N3O3S/c21-15-11-9-10(19-16(22)13-4-2-8-23-13)5-6-14(11)24-17-12(20-15)3-1-7-18-17/h1-9H,(H,19,22)(H,20,21). The van der Waals surface area contributed by atoms with Crippen LogP contribution in [0.3, 0.4) is 0 Å². The summed E-state index contributed by atoms with van der Waals surface area (Å²) in [6.45, 7) is 0. The van der Waals surface area contributed by atoms with Crippen LogP contribution in [0.5, 0.6) is 0 Å². The minimum atomic E-state index is -0.369. The van der Waals surface area contributed by atoms with Crippen molar-refractivity contribution in [2.45, 2.75) is 9.92 Å². The number of pyridine rings is 1. The highest BCUT2D eigenvalue weighted by atomic mass is 32.2. The molecule has 0 unspecified atom stereocenters. The molecule has 3 aromatic rings. The highest BCUT2D eigenvalue weighted by Crippen LogP contribution is 2.37. The molecule has 1 aliphatic heterocycles. The Labute approximate surface area is 141 Å². The summed E-state index contributed by atoms with van der Waals surface area (Å²) in [6.07, 6.45) is 3.11. The molecule has 1 aliphatic rings. The Balaban J connectivity index is 1.65. The number of aromatic nitrogens is 1. The highest BCUT2D eigenvalue weighted by Gasteiger charge is 2.21. The van der Waals surface area contributed by atoms with Gasteiger partial charge in [0.2, 0.25) is 0 Å². The second-order valence-corrected chi connectivity index (χ2v) is 6.09.